The fourth-order valence-electron chi connectivity index (χ4n) is 11.9. The molecule has 7 heterocycles. The molecule has 3 aliphatic heterocycles. The van der Waals surface area contributed by atoms with Gasteiger partial charge in [-0.15, -0.1) is 0 Å². The second-order valence-corrected chi connectivity index (χ2v) is 24.9. The van der Waals surface area contributed by atoms with E-state index in [1.807, 2.05) is 22.8 Å². The molecule has 3 aromatic carbocycles. The zero-order valence-electron chi connectivity index (χ0n) is 48.1. The van der Waals surface area contributed by atoms with Gasteiger partial charge in [-0.2, -0.15) is 37.1 Å². The molecule has 11 rings (SSSR count). The van der Waals surface area contributed by atoms with Gasteiger partial charge in [-0.3, -0.25) is 0 Å². The van der Waals surface area contributed by atoms with E-state index in [-0.39, 0.29) is 35.3 Å². The monoisotopic (exact) mass is 1160 g/mol. The lowest BCUT2D eigenvalue weighted by Gasteiger charge is -2.36. The standard InChI is InChI=1S/C60H77F3N14O5S/c1-40-11-15-51-53(32-40)69-56(68-51)38-73(59-71-58(74-36-41(2)66-42(3)37-74)70-57-49(44-12-13-44)35-65-77(57)59)27-29-82-31-30-81-28-21-43-17-25-75(26-18-43)83(78,79)47-14-16-52(55(34-47)80-5)64-22-7-8-46-33-48-50(67-45-19-23-72(4)24-20-45)9-6-10-54(48)76(46)39-60(61,62)63/h6,9-11,14-16,32-35,41-45,64,66-67H,12-13,17-31,36-39H2,1-5H3,(H,68,69)/t41-,42+. The van der Waals surface area contributed by atoms with Gasteiger partial charge in [0.1, 0.15) is 18.1 Å². The van der Waals surface area contributed by atoms with Crippen molar-refractivity contribution in [2.24, 2.45) is 5.92 Å². The van der Waals surface area contributed by atoms with E-state index < -0.39 is 22.7 Å². The first-order valence-corrected chi connectivity index (χ1v) is 30.7. The molecule has 4 N–H and O–H groups in total. The van der Waals surface area contributed by atoms with Crippen molar-refractivity contribution in [2.75, 3.05) is 113 Å². The molecule has 444 valence electrons. The molecule has 23 heteroatoms. The SMILES string of the molecule is COc1cc(S(=O)(=O)N2CCC(CCOCCOCCN(Cc3nc4ccc(C)cc4[nH]3)c3nc(N4C[C@@H](C)N[C@@H](C)C4)nc4c(C5CC5)cnn34)CC2)ccc1NCC#Cc1cc2c(NC3CCN(C)CC3)cccc2n1CC(F)(F)F. The van der Waals surface area contributed by atoms with Gasteiger partial charge in [0, 0.05) is 80.2 Å². The van der Waals surface area contributed by atoms with Crippen LogP contribution in [-0.4, -0.2) is 169 Å². The minimum absolute atomic E-state index is 0.0734. The summed E-state index contributed by atoms with van der Waals surface area (Å²) >= 11 is 0. The third-order valence-electron chi connectivity index (χ3n) is 16.4. The van der Waals surface area contributed by atoms with Gasteiger partial charge >= 0.3 is 6.18 Å². The molecule has 3 saturated heterocycles. The van der Waals surface area contributed by atoms with E-state index in [1.54, 1.807) is 30.3 Å². The summed E-state index contributed by atoms with van der Waals surface area (Å²) in [4.78, 5) is 25.7. The summed E-state index contributed by atoms with van der Waals surface area (Å²) in [6.07, 6.45) is 3.87. The normalized spacial score (nSPS) is 19.0. The Morgan fingerprint density at radius 3 is 2.39 bits per heavy atom. The van der Waals surface area contributed by atoms with Gasteiger partial charge in [-0.05, 0) is 152 Å². The molecule has 1 saturated carbocycles. The Kier molecular flexibility index (Phi) is 17.7. The van der Waals surface area contributed by atoms with E-state index in [0.29, 0.717) is 112 Å². The van der Waals surface area contributed by atoms with Crippen LogP contribution in [0.4, 0.5) is 36.4 Å². The molecule has 83 heavy (non-hydrogen) atoms. The summed E-state index contributed by atoms with van der Waals surface area (Å²) in [5, 5.41) is 15.9. The molecule has 0 bridgehead atoms. The number of halogens is 3. The largest absolute Gasteiger partial charge is 0.495 e. The number of nitrogens with zero attached hydrogens (tertiary/aromatic N) is 10. The molecule has 0 amide bonds. The fraction of sp³-hybridized carbons (Fsp3) is 0.533. The van der Waals surface area contributed by atoms with Gasteiger partial charge in [0.25, 0.3) is 0 Å². The Balaban J connectivity index is 0.658. The average molecular weight is 1160 g/mol. The lowest BCUT2D eigenvalue weighted by molar-refractivity contribution is -0.140. The number of imidazole rings is 1. The van der Waals surface area contributed by atoms with Crippen molar-refractivity contribution in [1.82, 2.24) is 48.6 Å². The van der Waals surface area contributed by atoms with Gasteiger partial charge in [-0.1, -0.05) is 18.1 Å². The molecular formula is C60H77F3N14O5S. The number of rotatable bonds is 22. The number of sulfonamides is 1. The Labute approximate surface area is 483 Å². The number of alkyl halides is 3. The highest BCUT2D eigenvalue weighted by molar-refractivity contribution is 7.89. The number of aromatic nitrogens is 7. The predicted molar refractivity (Wildman–Crippen MR) is 317 cm³/mol. The van der Waals surface area contributed by atoms with E-state index in [4.69, 9.17) is 34.3 Å². The van der Waals surface area contributed by atoms with E-state index in [9.17, 15) is 21.6 Å². The van der Waals surface area contributed by atoms with Gasteiger partial charge < -0.3 is 54.4 Å². The van der Waals surface area contributed by atoms with Crippen molar-refractivity contribution in [2.45, 2.75) is 114 Å². The Hall–Kier alpha value is -6.68. The molecule has 4 aliphatic rings. The molecule has 4 fully saturated rings. The second-order valence-electron chi connectivity index (χ2n) is 23.0. The number of methoxy groups -OCH3 is 1. The summed E-state index contributed by atoms with van der Waals surface area (Å²) in [5.74, 6) is 9.22. The van der Waals surface area contributed by atoms with Crippen LogP contribution in [0.15, 0.2) is 71.8 Å². The topological polar surface area (TPSA) is 188 Å². The number of fused-ring (bicyclic) bond motifs is 3. The Morgan fingerprint density at radius 1 is 0.867 bits per heavy atom. The Morgan fingerprint density at radius 2 is 1.64 bits per heavy atom. The second kappa shape index (κ2) is 25.3. The van der Waals surface area contributed by atoms with Crippen molar-refractivity contribution in [3.8, 4) is 17.6 Å². The third-order valence-corrected chi connectivity index (χ3v) is 18.3. The molecule has 0 unspecified atom stereocenters. The number of benzene rings is 3. The number of hydrogen-bond acceptors (Lipinski definition) is 15. The van der Waals surface area contributed by atoms with Crippen LogP contribution in [0.2, 0.25) is 0 Å². The minimum atomic E-state index is -4.45. The third kappa shape index (κ3) is 14.0. The van der Waals surface area contributed by atoms with Gasteiger partial charge in [-0.25, -0.2) is 13.4 Å². The van der Waals surface area contributed by atoms with Crippen LogP contribution in [0.25, 0.3) is 27.6 Å². The molecular weight excluding hydrogens is 1090 g/mol. The van der Waals surface area contributed by atoms with E-state index in [1.165, 1.54) is 22.0 Å². The number of anilines is 4. The number of nitrogens with one attached hydrogen (secondary N) is 4. The number of H-pyrrole nitrogens is 1. The lowest BCUT2D eigenvalue weighted by atomic mass is 9.95. The number of aromatic amines is 1. The molecule has 4 aromatic heterocycles. The predicted octanol–water partition coefficient (Wildman–Crippen LogP) is 8.40. The highest BCUT2D eigenvalue weighted by Crippen LogP contribution is 2.42. The van der Waals surface area contributed by atoms with Crippen LogP contribution in [0.5, 0.6) is 5.75 Å². The summed E-state index contributed by atoms with van der Waals surface area (Å²) in [6.45, 7) is 12.4. The molecule has 1 aliphatic carbocycles. The maximum absolute atomic E-state index is 14.0. The van der Waals surface area contributed by atoms with Crippen molar-refractivity contribution in [1.29, 1.82) is 0 Å². The number of piperidine rings is 2. The highest BCUT2D eigenvalue weighted by atomic mass is 32.2. The highest BCUT2D eigenvalue weighted by Gasteiger charge is 2.34. The zero-order chi connectivity index (χ0) is 57.8. The lowest BCUT2D eigenvalue weighted by Crippen LogP contribution is -2.54. The van der Waals surface area contributed by atoms with Crippen molar-refractivity contribution < 1.29 is 35.8 Å². The van der Waals surface area contributed by atoms with Crippen molar-refractivity contribution >= 4 is 60.9 Å². The number of piperazine rings is 1. The van der Waals surface area contributed by atoms with Gasteiger partial charge in [0.05, 0.1) is 79.0 Å². The number of hydrogen-bond donors (Lipinski definition) is 4. The Bertz CT molecular complexity index is 3550. The summed E-state index contributed by atoms with van der Waals surface area (Å²) < 4.78 is 92.2. The molecule has 19 nitrogen and oxygen atoms in total. The van der Waals surface area contributed by atoms with E-state index >= 15 is 0 Å². The minimum Gasteiger partial charge on any atom is -0.495 e. The van der Waals surface area contributed by atoms with Crippen LogP contribution in [0, 0.1) is 24.7 Å². The number of likely N-dealkylation sites (tertiary alicyclic amines) is 1. The number of aryl methyl sites for hydroxylation is 1. The van der Waals surface area contributed by atoms with Gasteiger partial charge in [0.15, 0.2) is 5.65 Å². The first kappa shape index (κ1) is 58.1. The van der Waals surface area contributed by atoms with Crippen LogP contribution < -0.4 is 30.5 Å². The van der Waals surface area contributed by atoms with Crippen LogP contribution in [0.1, 0.15) is 87.4 Å². The van der Waals surface area contributed by atoms with Crippen LogP contribution in [-0.2, 0) is 32.6 Å². The molecule has 2 atom stereocenters. The van der Waals surface area contributed by atoms with Crippen molar-refractivity contribution in [3.63, 3.8) is 0 Å². The smallest absolute Gasteiger partial charge is 0.406 e. The first-order valence-electron chi connectivity index (χ1n) is 29.2. The summed E-state index contributed by atoms with van der Waals surface area (Å²) in [7, 11) is -0.286. The average Bonchev–Trinajstić information content (AvgIpc) is 3.47. The van der Waals surface area contributed by atoms with Crippen LogP contribution >= 0.6 is 0 Å². The van der Waals surface area contributed by atoms with Crippen molar-refractivity contribution in [3.05, 3.63) is 89.5 Å². The zero-order valence-corrected chi connectivity index (χ0v) is 49.0. The maximum atomic E-state index is 14.0. The van der Waals surface area contributed by atoms with E-state index in [0.717, 1.165) is 97.6 Å². The summed E-state index contributed by atoms with van der Waals surface area (Å²) in [6, 6.07) is 18.8. The van der Waals surface area contributed by atoms with E-state index in [2.05, 4.69) is 87.4 Å². The molecule has 7 aromatic rings. The quantitative estimate of drug-likeness (QED) is 0.0374. The summed E-state index contributed by atoms with van der Waals surface area (Å²) in [5.41, 5.74) is 7.05. The number of ether oxygens (including phenoxy) is 3. The molecule has 0 spiro atoms. The maximum Gasteiger partial charge on any atom is 0.406 e. The van der Waals surface area contributed by atoms with Gasteiger partial charge in [0.2, 0.25) is 21.9 Å². The first-order chi connectivity index (χ1) is 40.0. The van der Waals surface area contributed by atoms with Crippen LogP contribution in [0.3, 0.4) is 0 Å². The fourth-order valence-corrected chi connectivity index (χ4v) is 13.4. The molecule has 0 radical (unpaired) electrons.